The van der Waals surface area contributed by atoms with Gasteiger partial charge in [0.2, 0.25) is 5.13 Å². The van der Waals surface area contributed by atoms with Crippen LogP contribution in [0.3, 0.4) is 0 Å². The van der Waals surface area contributed by atoms with Gasteiger partial charge in [-0.3, -0.25) is 14.9 Å². The van der Waals surface area contributed by atoms with E-state index in [-0.39, 0.29) is 18.1 Å². The third kappa shape index (κ3) is 3.48. The Bertz CT molecular complexity index is 664. The number of amides is 1. The standard InChI is InChI=1S/C14H15N3O2S/c1-8-4-5-11(6-9(8)2)13(19)16-14-15-12(17-20-14)7-10(3)18/h4-6H,7H2,1-3H3,(H,15,16,17,19). The molecule has 0 aliphatic rings. The maximum atomic E-state index is 12.1. The number of Topliss-reactive ketones (excluding diaryl/α,β-unsaturated/α-hetero) is 1. The van der Waals surface area contributed by atoms with E-state index < -0.39 is 0 Å². The zero-order valence-corrected chi connectivity index (χ0v) is 12.4. The van der Waals surface area contributed by atoms with Crippen LogP contribution in [0.4, 0.5) is 5.13 Å². The van der Waals surface area contributed by atoms with Crippen LogP contribution in [-0.2, 0) is 11.2 Å². The molecule has 0 atom stereocenters. The van der Waals surface area contributed by atoms with E-state index in [0.717, 1.165) is 22.7 Å². The van der Waals surface area contributed by atoms with Gasteiger partial charge in [-0.15, -0.1) is 0 Å². The monoisotopic (exact) mass is 289 g/mol. The van der Waals surface area contributed by atoms with Crippen LogP contribution in [0, 0.1) is 13.8 Å². The van der Waals surface area contributed by atoms with Gasteiger partial charge in [0.15, 0.2) is 5.82 Å². The number of hydrogen-bond donors (Lipinski definition) is 1. The van der Waals surface area contributed by atoms with Gasteiger partial charge in [-0.05, 0) is 44.0 Å². The van der Waals surface area contributed by atoms with Crippen LogP contribution < -0.4 is 5.32 Å². The Kier molecular flexibility index (Phi) is 4.24. The van der Waals surface area contributed by atoms with Crippen LogP contribution in [0.25, 0.3) is 0 Å². The van der Waals surface area contributed by atoms with Crippen molar-refractivity contribution in [1.82, 2.24) is 9.36 Å². The van der Waals surface area contributed by atoms with Crippen molar-refractivity contribution in [3.63, 3.8) is 0 Å². The normalized spacial score (nSPS) is 10.3. The molecule has 2 aromatic rings. The van der Waals surface area contributed by atoms with Crippen molar-refractivity contribution in [1.29, 1.82) is 0 Å². The molecule has 104 valence electrons. The Hall–Kier alpha value is -2.08. The molecule has 20 heavy (non-hydrogen) atoms. The predicted molar refractivity (Wildman–Crippen MR) is 78.2 cm³/mol. The van der Waals surface area contributed by atoms with Crippen LogP contribution in [-0.4, -0.2) is 21.0 Å². The first-order valence-electron chi connectivity index (χ1n) is 6.16. The zero-order chi connectivity index (χ0) is 14.7. The summed E-state index contributed by atoms with van der Waals surface area (Å²) in [5.74, 6) is 0.214. The first-order valence-corrected chi connectivity index (χ1v) is 6.93. The second kappa shape index (κ2) is 5.92. The summed E-state index contributed by atoms with van der Waals surface area (Å²) in [7, 11) is 0. The second-order valence-electron chi connectivity index (χ2n) is 4.65. The van der Waals surface area contributed by atoms with E-state index in [1.807, 2.05) is 26.0 Å². The molecule has 0 aliphatic heterocycles. The minimum Gasteiger partial charge on any atom is -0.300 e. The summed E-state index contributed by atoms with van der Waals surface area (Å²) in [6.07, 6.45) is 0.190. The molecule has 0 spiro atoms. The summed E-state index contributed by atoms with van der Waals surface area (Å²) >= 11 is 1.08. The maximum absolute atomic E-state index is 12.1. The van der Waals surface area contributed by atoms with Crippen LogP contribution in [0.2, 0.25) is 0 Å². The fourth-order valence-corrected chi connectivity index (χ4v) is 2.23. The summed E-state index contributed by atoms with van der Waals surface area (Å²) in [4.78, 5) is 27.2. The van der Waals surface area contributed by atoms with Gasteiger partial charge < -0.3 is 0 Å². The van der Waals surface area contributed by atoms with Crippen molar-refractivity contribution in [2.45, 2.75) is 27.2 Å². The number of carbonyl (C=O) groups is 2. The minimum absolute atomic E-state index is 0.00478. The molecule has 5 nitrogen and oxygen atoms in total. The van der Waals surface area contributed by atoms with Gasteiger partial charge in [0.1, 0.15) is 5.78 Å². The van der Waals surface area contributed by atoms with Crippen LogP contribution >= 0.6 is 11.5 Å². The molecular formula is C14H15N3O2S. The Balaban J connectivity index is 2.09. The van der Waals surface area contributed by atoms with Crippen molar-refractivity contribution in [2.75, 3.05) is 5.32 Å². The highest BCUT2D eigenvalue weighted by molar-refractivity contribution is 7.09. The lowest BCUT2D eigenvalue weighted by molar-refractivity contribution is -0.116. The van der Waals surface area contributed by atoms with E-state index in [4.69, 9.17) is 0 Å². The van der Waals surface area contributed by atoms with E-state index in [1.165, 1.54) is 6.92 Å². The highest BCUT2D eigenvalue weighted by Crippen LogP contribution is 2.15. The topological polar surface area (TPSA) is 72.0 Å². The summed E-state index contributed by atoms with van der Waals surface area (Å²) < 4.78 is 4.03. The quantitative estimate of drug-likeness (QED) is 0.938. The van der Waals surface area contributed by atoms with Gasteiger partial charge in [0.05, 0.1) is 6.42 Å². The van der Waals surface area contributed by atoms with Gasteiger partial charge in [0, 0.05) is 17.1 Å². The van der Waals surface area contributed by atoms with Crippen molar-refractivity contribution in [2.24, 2.45) is 0 Å². The number of nitrogens with zero attached hydrogens (tertiary/aromatic N) is 2. The Morgan fingerprint density at radius 1 is 1.25 bits per heavy atom. The van der Waals surface area contributed by atoms with Gasteiger partial charge in [-0.2, -0.15) is 4.37 Å². The number of benzene rings is 1. The Morgan fingerprint density at radius 3 is 2.65 bits per heavy atom. The molecule has 0 aliphatic carbocycles. The average molecular weight is 289 g/mol. The van der Waals surface area contributed by atoms with Gasteiger partial charge in [-0.25, -0.2) is 4.98 Å². The first-order chi connectivity index (χ1) is 9.45. The van der Waals surface area contributed by atoms with E-state index in [1.54, 1.807) is 6.07 Å². The predicted octanol–water partition coefficient (Wildman–Crippen LogP) is 2.54. The van der Waals surface area contributed by atoms with E-state index >= 15 is 0 Å². The number of hydrogen-bond acceptors (Lipinski definition) is 5. The number of rotatable bonds is 4. The SMILES string of the molecule is CC(=O)Cc1nsc(NC(=O)c2ccc(C)c(C)c2)n1. The molecule has 0 radical (unpaired) electrons. The molecule has 0 unspecified atom stereocenters. The summed E-state index contributed by atoms with van der Waals surface area (Å²) in [5, 5.41) is 3.10. The third-order valence-corrected chi connectivity index (χ3v) is 3.53. The molecule has 6 heteroatoms. The van der Waals surface area contributed by atoms with E-state index in [0.29, 0.717) is 16.5 Å². The third-order valence-electron chi connectivity index (χ3n) is 2.86. The summed E-state index contributed by atoms with van der Waals surface area (Å²) in [6.45, 7) is 5.44. The fraction of sp³-hybridized carbons (Fsp3) is 0.286. The molecule has 0 fully saturated rings. The van der Waals surface area contributed by atoms with Crippen LogP contribution in [0.1, 0.15) is 34.2 Å². The molecule has 0 bridgehead atoms. The number of anilines is 1. The number of ketones is 1. The molecule has 1 N–H and O–H groups in total. The van der Waals surface area contributed by atoms with Crippen molar-refractivity contribution >= 4 is 28.4 Å². The lowest BCUT2D eigenvalue weighted by atomic mass is 10.1. The number of carbonyl (C=O) groups excluding carboxylic acids is 2. The molecule has 1 aromatic carbocycles. The highest BCUT2D eigenvalue weighted by Gasteiger charge is 2.11. The number of aromatic nitrogens is 2. The second-order valence-corrected chi connectivity index (χ2v) is 5.40. The van der Waals surface area contributed by atoms with Gasteiger partial charge in [-0.1, -0.05) is 6.07 Å². The number of aryl methyl sites for hydroxylation is 2. The van der Waals surface area contributed by atoms with Gasteiger partial charge in [0.25, 0.3) is 5.91 Å². The Labute approximate surface area is 121 Å². The molecule has 0 saturated heterocycles. The highest BCUT2D eigenvalue weighted by atomic mass is 32.1. The fourth-order valence-electron chi connectivity index (χ4n) is 1.65. The zero-order valence-electron chi connectivity index (χ0n) is 11.6. The lowest BCUT2D eigenvalue weighted by Gasteiger charge is -2.04. The smallest absolute Gasteiger partial charge is 0.257 e. The lowest BCUT2D eigenvalue weighted by Crippen LogP contribution is -2.12. The molecule has 1 aromatic heterocycles. The van der Waals surface area contributed by atoms with Crippen LogP contribution in [0.15, 0.2) is 18.2 Å². The number of nitrogens with one attached hydrogen (secondary N) is 1. The Morgan fingerprint density at radius 2 is 2.00 bits per heavy atom. The van der Waals surface area contributed by atoms with E-state index in [9.17, 15) is 9.59 Å². The van der Waals surface area contributed by atoms with Crippen molar-refractivity contribution in [3.8, 4) is 0 Å². The molecule has 2 rings (SSSR count). The molecule has 0 saturated carbocycles. The van der Waals surface area contributed by atoms with Crippen molar-refractivity contribution in [3.05, 3.63) is 40.7 Å². The molecule has 1 heterocycles. The van der Waals surface area contributed by atoms with Crippen molar-refractivity contribution < 1.29 is 9.59 Å². The average Bonchev–Trinajstić information content (AvgIpc) is 2.79. The van der Waals surface area contributed by atoms with Crippen LogP contribution in [0.5, 0.6) is 0 Å². The van der Waals surface area contributed by atoms with E-state index in [2.05, 4.69) is 14.7 Å². The first kappa shape index (κ1) is 14.3. The maximum Gasteiger partial charge on any atom is 0.257 e. The largest absolute Gasteiger partial charge is 0.300 e. The molecular weight excluding hydrogens is 274 g/mol. The van der Waals surface area contributed by atoms with Gasteiger partial charge >= 0.3 is 0 Å². The minimum atomic E-state index is -0.223. The molecule has 1 amide bonds. The summed E-state index contributed by atoms with van der Waals surface area (Å²) in [6, 6.07) is 5.52. The summed E-state index contributed by atoms with van der Waals surface area (Å²) in [5.41, 5.74) is 2.78.